The Bertz CT molecular complexity index is 1800. The van der Waals surface area contributed by atoms with E-state index in [0.717, 1.165) is 12.8 Å². The van der Waals surface area contributed by atoms with E-state index < -0.39 is 0 Å². The minimum Gasteiger partial charge on any atom is -0.0836 e. The van der Waals surface area contributed by atoms with Crippen molar-refractivity contribution in [3.05, 3.63) is 182 Å². The van der Waals surface area contributed by atoms with Gasteiger partial charge < -0.3 is 0 Å². The van der Waals surface area contributed by atoms with Crippen LogP contribution in [0.2, 0.25) is 0 Å². The molecule has 5 aliphatic rings. The molecular formula is C38H27Br. The SMILES string of the molecule is BrC1=CC=CC2C1c1ccccc1C21c2ccccc2C2(C3=C(C=CCC3)c3ccccc32)c2ccccc21. The molecule has 0 saturated carbocycles. The Hall–Kier alpha value is -3.68. The van der Waals surface area contributed by atoms with Gasteiger partial charge in [-0.25, -0.2) is 0 Å². The van der Waals surface area contributed by atoms with Crippen molar-refractivity contribution >= 4 is 21.5 Å². The second-order valence-corrected chi connectivity index (χ2v) is 12.5. The highest BCUT2D eigenvalue weighted by Crippen LogP contribution is 2.69. The van der Waals surface area contributed by atoms with Gasteiger partial charge in [-0.15, -0.1) is 0 Å². The first-order chi connectivity index (χ1) is 19.3. The molecule has 0 aliphatic heterocycles. The fourth-order valence-corrected chi connectivity index (χ4v) is 9.76. The van der Waals surface area contributed by atoms with Gasteiger partial charge in [0.15, 0.2) is 0 Å². The summed E-state index contributed by atoms with van der Waals surface area (Å²) in [6.07, 6.45) is 14.0. The summed E-state index contributed by atoms with van der Waals surface area (Å²) >= 11 is 4.02. The van der Waals surface area contributed by atoms with Crippen molar-refractivity contribution < 1.29 is 0 Å². The van der Waals surface area contributed by atoms with Crippen LogP contribution in [-0.4, -0.2) is 0 Å². The summed E-state index contributed by atoms with van der Waals surface area (Å²) in [6.45, 7) is 0. The van der Waals surface area contributed by atoms with Crippen molar-refractivity contribution in [3.63, 3.8) is 0 Å². The van der Waals surface area contributed by atoms with Crippen molar-refractivity contribution in [1.82, 2.24) is 0 Å². The second-order valence-electron chi connectivity index (χ2n) is 11.6. The summed E-state index contributed by atoms with van der Waals surface area (Å²) in [5, 5.41) is 0. The van der Waals surface area contributed by atoms with E-state index in [1.807, 2.05) is 0 Å². The Kier molecular flexibility index (Phi) is 4.38. The van der Waals surface area contributed by atoms with Gasteiger partial charge in [-0.2, -0.15) is 0 Å². The van der Waals surface area contributed by atoms with Crippen LogP contribution in [0.15, 0.2) is 137 Å². The Balaban J connectivity index is 1.48. The van der Waals surface area contributed by atoms with Gasteiger partial charge in [0.05, 0.1) is 10.8 Å². The molecule has 2 spiro atoms. The molecule has 4 aromatic carbocycles. The summed E-state index contributed by atoms with van der Waals surface area (Å²) in [6, 6.07) is 37.3. The molecule has 1 heteroatoms. The molecule has 0 bridgehead atoms. The molecule has 0 radical (unpaired) electrons. The first-order valence-electron chi connectivity index (χ1n) is 14.1. The normalized spacial score (nSPS) is 28.5. The van der Waals surface area contributed by atoms with Gasteiger partial charge in [-0.3, -0.25) is 0 Å². The fourth-order valence-electron chi connectivity index (χ4n) is 9.07. The predicted octanol–water partition coefficient (Wildman–Crippen LogP) is 9.35. The molecule has 2 atom stereocenters. The minimum absolute atomic E-state index is 0.258. The number of hydrogen-bond acceptors (Lipinski definition) is 0. The van der Waals surface area contributed by atoms with Gasteiger partial charge in [-0.1, -0.05) is 143 Å². The topological polar surface area (TPSA) is 0 Å². The van der Waals surface area contributed by atoms with Crippen LogP contribution in [0.4, 0.5) is 0 Å². The van der Waals surface area contributed by atoms with Gasteiger partial charge in [0.25, 0.3) is 0 Å². The summed E-state index contributed by atoms with van der Waals surface area (Å²) in [7, 11) is 0. The lowest BCUT2D eigenvalue weighted by molar-refractivity contribution is 0.427. The third-order valence-electron chi connectivity index (χ3n) is 10.2. The molecule has 0 saturated heterocycles. The Morgan fingerprint density at radius 3 is 2.03 bits per heavy atom. The lowest BCUT2D eigenvalue weighted by Gasteiger charge is -2.51. The first kappa shape index (κ1) is 22.2. The minimum atomic E-state index is -0.270. The second kappa shape index (κ2) is 7.71. The van der Waals surface area contributed by atoms with Crippen LogP contribution < -0.4 is 0 Å². The highest BCUT2D eigenvalue weighted by molar-refractivity contribution is 9.11. The van der Waals surface area contributed by atoms with Crippen molar-refractivity contribution in [2.75, 3.05) is 0 Å². The Morgan fingerprint density at radius 1 is 0.667 bits per heavy atom. The quantitative estimate of drug-likeness (QED) is 0.200. The molecule has 0 aromatic heterocycles. The number of halogens is 1. The first-order valence-corrected chi connectivity index (χ1v) is 14.9. The molecule has 9 rings (SSSR count). The van der Waals surface area contributed by atoms with Gasteiger partial charge >= 0.3 is 0 Å². The molecule has 0 N–H and O–H groups in total. The van der Waals surface area contributed by atoms with E-state index in [1.54, 1.807) is 5.57 Å². The monoisotopic (exact) mass is 562 g/mol. The average Bonchev–Trinajstić information content (AvgIpc) is 3.46. The van der Waals surface area contributed by atoms with Crippen molar-refractivity contribution in [2.45, 2.75) is 29.6 Å². The molecule has 0 amide bonds. The summed E-state index contributed by atoms with van der Waals surface area (Å²) in [4.78, 5) is 0. The van der Waals surface area contributed by atoms with Gasteiger partial charge in [-0.05, 0) is 68.5 Å². The molecular weight excluding hydrogens is 536 g/mol. The summed E-state index contributed by atoms with van der Waals surface area (Å²) in [5.74, 6) is 0.606. The highest BCUT2D eigenvalue weighted by atomic mass is 79.9. The van der Waals surface area contributed by atoms with E-state index >= 15 is 0 Å². The van der Waals surface area contributed by atoms with Gasteiger partial charge in [0, 0.05) is 16.3 Å². The van der Waals surface area contributed by atoms with Crippen LogP contribution in [0.5, 0.6) is 0 Å². The lowest BCUT2D eigenvalue weighted by Crippen LogP contribution is -2.46. The van der Waals surface area contributed by atoms with E-state index in [1.165, 1.54) is 54.6 Å². The Labute approximate surface area is 238 Å². The molecule has 186 valence electrons. The molecule has 39 heavy (non-hydrogen) atoms. The van der Waals surface area contributed by atoms with Gasteiger partial charge in [0.1, 0.15) is 0 Å². The van der Waals surface area contributed by atoms with E-state index in [9.17, 15) is 0 Å². The predicted molar refractivity (Wildman–Crippen MR) is 163 cm³/mol. The van der Waals surface area contributed by atoms with Crippen LogP contribution in [0, 0.1) is 5.92 Å². The van der Waals surface area contributed by atoms with Crippen molar-refractivity contribution in [3.8, 4) is 0 Å². The molecule has 0 nitrogen and oxygen atoms in total. The summed E-state index contributed by atoms with van der Waals surface area (Å²) < 4.78 is 1.28. The van der Waals surface area contributed by atoms with E-state index in [-0.39, 0.29) is 10.8 Å². The van der Waals surface area contributed by atoms with Crippen LogP contribution in [0.1, 0.15) is 63.3 Å². The Morgan fingerprint density at radius 2 is 1.28 bits per heavy atom. The largest absolute Gasteiger partial charge is 0.0836 e. The van der Waals surface area contributed by atoms with Gasteiger partial charge in [0.2, 0.25) is 0 Å². The zero-order valence-electron chi connectivity index (χ0n) is 21.6. The van der Waals surface area contributed by atoms with Crippen molar-refractivity contribution in [2.24, 2.45) is 5.92 Å². The fraction of sp³-hybridized carbons (Fsp3) is 0.158. The lowest BCUT2D eigenvalue weighted by atomic mass is 9.50. The van der Waals surface area contributed by atoms with E-state index in [2.05, 4.69) is 143 Å². The van der Waals surface area contributed by atoms with Crippen LogP contribution in [-0.2, 0) is 10.8 Å². The standard InChI is InChI=1S/C38H27Br/c39-35-23-11-22-34-36(35)26-14-3-6-17-29(26)38(34)32-20-9-7-18-30(32)37(31-19-8-10-21-33(31)38)27-15-4-1-12-24(27)25-13-2-5-16-28(25)37/h1-4,6-15,17-23,34,36H,5,16H2. The van der Waals surface area contributed by atoms with E-state index in [0.29, 0.717) is 11.8 Å². The van der Waals surface area contributed by atoms with Crippen LogP contribution in [0.25, 0.3) is 5.57 Å². The van der Waals surface area contributed by atoms with E-state index in [4.69, 9.17) is 0 Å². The maximum absolute atomic E-state index is 4.02. The number of hydrogen-bond donors (Lipinski definition) is 0. The average molecular weight is 564 g/mol. The maximum Gasteiger partial charge on any atom is 0.0682 e. The third-order valence-corrected chi connectivity index (χ3v) is 11.0. The van der Waals surface area contributed by atoms with Crippen LogP contribution in [0.3, 0.4) is 0 Å². The smallest absolute Gasteiger partial charge is 0.0682 e. The number of rotatable bonds is 0. The number of allylic oxidation sites excluding steroid dienone is 8. The molecule has 5 aliphatic carbocycles. The number of fused-ring (bicyclic) bond motifs is 15. The van der Waals surface area contributed by atoms with Crippen molar-refractivity contribution in [1.29, 1.82) is 0 Å². The highest BCUT2D eigenvalue weighted by Gasteiger charge is 2.62. The molecule has 4 aromatic rings. The zero-order chi connectivity index (χ0) is 25.8. The summed E-state index contributed by atoms with van der Waals surface area (Å²) in [5.41, 5.74) is 14.1. The molecule has 0 fully saturated rings. The van der Waals surface area contributed by atoms with Crippen LogP contribution >= 0.6 is 15.9 Å². The molecule has 2 unspecified atom stereocenters. The maximum atomic E-state index is 4.02. The molecule has 0 heterocycles. The number of benzene rings is 4. The zero-order valence-corrected chi connectivity index (χ0v) is 23.2. The third kappa shape index (κ3) is 2.44.